The quantitative estimate of drug-likeness (QED) is 0.164. The predicted octanol–water partition coefficient (Wildman–Crippen LogP) is 4.11. The topological polar surface area (TPSA) is 120 Å². The van der Waals surface area contributed by atoms with Crippen LogP contribution in [-0.4, -0.2) is 29.6 Å². The van der Waals surface area contributed by atoms with Crippen LogP contribution in [0.25, 0.3) is 0 Å². The molecule has 1 amide bonds. The summed E-state index contributed by atoms with van der Waals surface area (Å²) in [6.45, 7) is -0.232. The Morgan fingerprint density at radius 1 is 1.06 bits per heavy atom. The Hall–Kier alpha value is -4.05. The van der Waals surface area contributed by atoms with E-state index in [0.29, 0.717) is 11.3 Å². The highest BCUT2D eigenvalue weighted by Gasteiger charge is 2.13. The van der Waals surface area contributed by atoms with E-state index in [9.17, 15) is 19.7 Å². The third kappa shape index (κ3) is 6.47. The van der Waals surface area contributed by atoms with E-state index < -0.39 is 16.8 Å². The van der Waals surface area contributed by atoms with Crippen molar-refractivity contribution in [1.29, 1.82) is 0 Å². The van der Waals surface area contributed by atoms with E-state index in [1.165, 1.54) is 30.5 Å². The zero-order chi connectivity index (χ0) is 22.9. The van der Waals surface area contributed by atoms with Crippen LogP contribution in [0.2, 0.25) is 0 Å². The number of amides is 1. The number of esters is 1. The first-order valence-electron chi connectivity index (χ1n) is 9.18. The molecule has 0 radical (unpaired) electrons. The average Bonchev–Trinajstić information content (AvgIpc) is 2.79. The molecule has 32 heavy (non-hydrogen) atoms. The fraction of sp³-hybridized carbons (Fsp3) is 0.0455. The first-order valence-corrected chi connectivity index (χ1v) is 9.97. The number of carbonyl (C=O) groups excluding carboxylic acids is 2. The van der Waals surface area contributed by atoms with Crippen LogP contribution in [0.3, 0.4) is 0 Å². The fourth-order valence-electron chi connectivity index (χ4n) is 2.47. The second kappa shape index (κ2) is 10.8. The Balaban J connectivity index is 1.58. The van der Waals surface area contributed by atoms with Gasteiger partial charge >= 0.3 is 5.97 Å². The molecule has 0 bridgehead atoms. The van der Waals surface area contributed by atoms with Gasteiger partial charge in [0.2, 0.25) is 0 Å². The Kier molecular flexibility index (Phi) is 7.65. The van der Waals surface area contributed by atoms with Gasteiger partial charge in [-0.2, -0.15) is 5.10 Å². The van der Waals surface area contributed by atoms with Gasteiger partial charge in [0, 0.05) is 22.2 Å². The smallest absolute Gasteiger partial charge is 0.343 e. The maximum atomic E-state index is 12.3. The van der Waals surface area contributed by atoms with Gasteiger partial charge in [0.05, 0.1) is 16.7 Å². The van der Waals surface area contributed by atoms with Crippen LogP contribution in [0.5, 0.6) is 11.5 Å². The van der Waals surface area contributed by atoms with Gasteiger partial charge in [0.15, 0.2) is 6.61 Å². The summed E-state index contributed by atoms with van der Waals surface area (Å²) in [5, 5.41) is 14.6. The van der Waals surface area contributed by atoms with E-state index in [0.717, 1.165) is 4.47 Å². The Morgan fingerprint density at radius 2 is 1.81 bits per heavy atom. The van der Waals surface area contributed by atoms with Gasteiger partial charge in [-0.25, -0.2) is 10.2 Å². The summed E-state index contributed by atoms with van der Waals surface area (Å²) in [5.41, 5.74) is 2.80. The van der Waals surface area contributed by atoms with E-state index >= 15 is 0 Å². The molecule has 9 nitrogen and oxygen atoms in total. The minimum atomic E-state index is -0.688. The van der Waals surface area contributed by atoms with E-state index in [2.05, 4.69) is 26.5 Å². The van der Waals surface area contributed by atoms with Crippen LogP contribution in [0.15, 0.2) is 82.4 Å². The molecule has 0 fully saturated rings. The highest BCUT2D eigenvalue weighted by atomic mass is 79.9. The van der Waals surface area contributed by atoms with Crippen molar-refractivity contribution in [3.8, 4) is 11.5 Å². The summed E-state index contributed by atoms with van der Waals surface area (Å²) in [7, 11) is 0. The molecule has 3 rings (SSSR count). The lowest BCUT2D eigenvalue weighted by Gasteiger charge is -2.07. The molecule has 0 atom stereocenters. The number of nitro groups is 1. The normalized spacial score (nSPS) is 10.5. The molecule has 0 spiro atoms. The Labute approximate surface area is 190 Å². The van der Waals surface area contributed by atoms with Gasteiger partial charge in [-0.1, -0.05) is 34.1 Å². The highest BCUT2D eigenvalue weighted by molar-refractivity contribution is 9.10. The number of para-hydroxylation sites is 1. The van der Waals surface area contributed by atoms with Gasteiger partial charge in [0.1, 0.15) is 11.5 Å². The van der Waals surface area contributed by atoms with Gasteiger partial charge in [-0.15, -0.1) is 0 Å². The molecule has 10 heteroatoms. The SMILES string of the molecule is O=C(COc1cccc(Br)c1)NN=Cc1ccccc1OC(=O)c1ccc([N+](=O)[O-])cc1. The number of halogens is 1. The standard InChI is InChI=1S/C22H16BrN3O6/c23-17-5-3-6-19(12-17)31-14-21(27)25-24-13-16-4-1-2-7-20(16)32-22(28)15-8-10-18(11-9-15)26(29)30/h1-13H,14H2,(H,25,27). The van der Waals surface area contributed by atoms with Crippen molar-refractivity contribution < 1.29 is 24.0 Å². The summed E-state index contributed by atoms with van der Waals surface area (Å²) in [5.74, 6) is -0.421. The zero-order valence-corrected chi connectivity index (χ0v) is 18.0. The maximum Gasteiger partial charge on any atom is 0.343 e. The highest BCUT2D eigenvalue weighted by Crippen LogP contribution is 2.19. The van der Waals surface area contributed by atoms with E-state index in [1.807, 2.05) is 6.07 Å². The van der Waals surface area contributed by atoms with Crippen LogP contribution in [0.1, 0.15) is 15.9 Å². The number of rotatable bonds is 8. The minimum absolute atomic E-state index is 0.131. The number of ether oxygens (including phenoxy) is 2. The van der Waals surface area contributed by atoms with Crippen molar-refractivity contribution in [2.24, 2.45) is 5.10 Å². The first kappa shape index (κ1) is 22.6. The van der Waals surface area contributed by atoms with Crippen molar-refractivity contribution in [2.75, 3.05) is 6.61 Å². The predicted molar refractivity (Wildman–Crippen MR) is 120 cm³/mol. The molecule has 0 aromatic heterocycles. The van der Waals surface area contributed by atoms with E-state index in [1.54, 1.807) is 42.5 Å². The first-order chi connectivity index (χ1) is 15.4. The van der Waals surface area contributed by atoms with Crippen molar-refractivity contribution in [3.05, 3.63) is 98.5 Å². The lowest BCUT2D eigenvalue weighted by atomic mass is 10.2. The third-order valence-corrected chi connectivity index (χ3v) is 4.49. The number of nitrogens with one attached hydrogen (secondary N) is 1. The van der Waals surface area contributed by atoms with Crippen molar-refractivity contribution in [1.82, 2.24) is 5.43 Å². The molecule has 0 unspecified atom stereocenters. The number of nitrogens with zero attached hydrogens (tertiary/aromatic N) is 2. The molecule has 3 aromatic carbocycles. The summed E-state index contributed by atoms with van der Waals surface area (Å²) in [4.78, 5) is 34.4. The maximum absolute atomic E-state index is 12.3. The van der Waals surface area contributed by atoms with E-state index in [-0.39, 0.29) is 23.6 Å². The molecule has 0 aliphatic rings. The summed E-state index contributed by atoms with van der Waals surface area (Å²) in [6, 6.07) is 18.7. The molecule has 3 aromatic rings. The lowest BCUT2D eigenvalue weighted by molar-refractivity contribution is -0.384. The van der Waals surface area contributed by atoms with Crippen molar-refractivity contribution in [3.63, 3.8) is 0 Å². The lowest BCUT2D eigenvalue weighted by Crippen LogP contribution is -2.24. The Bertz CT molecular complexity index is 1160. The fourth-order valence-corrected chi connectivity index (χ4v) is 2.85. The summed E-state index contributed by atoms with van der Waals surface area (Å²) in [6.07, 6.45) is 1.33. The van der Waals surface area contributed by atoms with Gasteiger partial charge in [-0.3, -0.25) is 14.9 Å². The summed E-state index contributed by atoms with van der Waals surface area (Å²) >= 11 is 3.32. The second-order valence-corrected chi connectivity index (χ2v) is 7.19. The average molecular weight is 498 g/mol. The van der Waals surface area contributed by atoms with Gasteiger partial charge in [-0.05, 0) is 42.5 Å². The molecular formula is C22H16BrN3O6. The third-order valence-electron chi connectivity index (χ3n) is 3.99. The van der Waals surface area contributed by atoms with Gasteiger partial charge < -0.3 is 9.47 Å². The van der Waals surface area contributed by atoms with Crippen LogP contribution < -0.4 is 14.9 Å². The number of hydrogen-bond acceptors (Lipinski definition) is 7. The number of benzene rings is 3. The number of nitro benzene ring substituents is 1. The number of hydrazone groups is 1. The van der Waals surface area contributed by atoms with E-state index in [4.69, 9.17) is 9.47 Å². The summed E-state index contributed by atoms with van der Waals surface area (Å²) < 4.78 is 11.6. The van der Waals surface area contributed by atoms with Crippen molar-refractivity contribution >= 4 is 39.7 Å². The van der Waals surface area contributed by atoms with Crippen LogP contribution in [0.4, 0.5) is 5.69 Å². The number of non-ortho nitro benzene ring substituents is 1. The molecular weight excluding hydrogens is 482 g/mol. The van der Waals surface area contributed by atoms with Crippen LogP contribution >= 0.6 is 15.9 Å². The van der Waals surface area contributed by atoms with Crippen molar-refractivity contribution in [2.45, 2.75) is 0 Å². The molecule has 0 saturated heterocycles. The zero-order valence-electron chi connectivity index (χ0n) is 16.4. The molecule has 162 valence electrons. The van der Waals surface area contributed by atoms with Crippen LogP contribution in [0, 0.1) is 10.1 Å². The van der Waals surface area contributed by atoms with Crippen LogP contribution in [-0.2, 0) is 4.79 Å². The largest absolute Gasteiger partial charge is 0.484 e. The molecule has 0 heterocycles. The molecule has 0 aliphatic carbocycles. The number of hydrogen-bond donors (Lipinski definition) is 1. The second-order valence-electron chi connectivity index (χ2n) is 6.27. The Morgan fingerprint density at radius 3 is 2.53 bits per heavy atom. The molecule has 1 N–H and O–H groups in total. The molecule has 0 saturated carbocycles. The minimum Gasteiger partial charge on any atom is -0.484 e. The monoisotopic (exact) mass is 497 g/mol. The van der Waals surface area contributed by atoms with Gasteiger partial charge in [0.25, 0.3) is 11.6 Å². The number of carbonyl (C=O) groups is 2. The molecule has 0 aliphatic heterocycles.